The minimum absolute atomic E-state index is 0.0893. The molecule has 0 heterocycles. The minimum atomic E-state index is -1.02. The molecule has 1 N–H and O–H groups in total. The topological polar surface area (TPSA) is 46.5 Å². The first-order valence-corrected chi connectivity index (χ1v) is 5.05. The minimum Gasteiger partial charge on any atom is -0.479 e. The molecule has 0 amide bonds. The summed E-state index contributed by atoms with van der Waals surface area (Å²) in [5.74, 6) is -1.02. The molecule has 0 aromatic heterocycles. The summed E-state index contributed by atoms with van der Waals surface area (Å²) in [5.41, 5.74) is 0.605. The lowest BCUT2D eigenvalue weighted by Gasteiger charge is -2.10. The van der Waals surface area contributed by atoms with E-state index in [4.69, 9.17) is 33.0 Å². The van der Waals surface area contributed by atoms with Gasteiger partial charge in [-0.3, -0.25) is 0 Å². The van der Waals surface area contributed by atoms with Crippen molar-refractivity contribution in [3.8, 4) is 0 Å². The second-order valence-corrected chi connectivity index (χ2v) is 3.81. The maximum atomic E-state index is 10.5. The van der Waals surface area contributed by atoms with Gasteiger partial charge in [0.25, 0.3) is 0 Å². The van der Waals surface area contributed by atoms with Gasteiger partial charge in [0.15, 0.2) is 6.10 Å². The van der Waals surface area contributed by atoms with Crippen LogP contribution in [0.4, 0.5) is 0 Å². The fourth-order valence-electron chi connectivity index (χ4n) is 0.950. The zero-order valence-electron chi connectivity index (χ0n) is 8.04. The van der Waals surface area contributed by atoms with E-state index in [-0.39, 0.29) is 6.61 Å². The van der Waals surface area contributed by atoms with Gasteiger partial charge in [-0.05, 0) is 19.1 Å². The lowest BCUT2D eigenvalue weighted by molar-refractivity contribution is -0.149. The first-order valence-electron chi connectivity index (χ1n) is 4.29. The number of halogens is 2. The van der Waals surface area contributed by atoms with E-state index < -0.39 is 12.1 Å². The van der Waals surface area contributed by atoms with Crippen molar-refractivity contribution in [1.29, 1.82) is 0 Å². The van der Waals surface area contributed by atoms with Crippen molar-refractivity contribution in [1.82, 2.24) is 0 Å². The Balaban J connectivity index is 2.69. The molecule has 1 rings (SSSR count). The second-order valence-electron chi connectivity index (χ2n) is 2.99. The first-order chi connectivity index (χ1) is 7.02. The smallest absolute Gasteiger partial charge is 0.332 e. The molecule has 0 aliphatic rings. The van der Waals surface area contributed by atoms with Crippen LogP contribution < -0.4 is 0 Å². The zero-order valence-corrected chi connectivity index (χ0v) is 9.55. The number of ether oxygens (including phenoxy) is 1. The number of benzene rings is 1. The van der Waals surface area contributed by atoms with E-state index in [0.717, 1.165) is 0 Å². The van der Waals surface area contributed by atoms with E-state index in [1.54, 1.807) is 18.2 Å². The van der Waals surface area contributed by atoms with Crippen LogP contribution in [0.2, 0.25) is 10.0 Å². The molecule has 3 nitrogen and oxygen atoms in total. The predicted octanol–water partition coefficient (Wildman–Crippen LogP) is 2.98. The summed E-state index contributed by atoms with van der Waals surface area (Å²) in [6.07, 6.45) is -0.877. The molecule has 1 atom stereocenters. The average molecular weight is 249 g/mol. The number of aliphatic carboxylic acids is 1. The fourth-order valence-corrected chi connectivity index (χ4v) is 1.46. The van der Waals surface area contributed by atoms with Crippen LogP contribution in [0.25, 0.3) is 0 Å². The molecule has 0 aliphatic carbocycles. The van der Waals surface area contributed by atoms with E-state index in [9.17, 15) is 4.79 Å². The van der Waals surface area contributed by atoms with Gasteiger partial charge in [0.1, 0.15) is 0 Å². The number of carboxylic acids is 1. The Labute approximate surface area is 97.6 Å². The summed E-state index contributed by atoms with van der Waals surface area (Å²) in [6.45, 7) is 1.54. The molecule has 82 valence electrons. The molecule has 0 radical (unpaired) electrons. The zero-order chi connectivity index (χ0) is 11.4. The van der Waals surface area contributed by atoms with Gasteiger partial charge in [0.2, 0.25) is 0 Å². The molecular formula is C10H10Cl2O3. The van der Waals surface area contributed by atoms with E-state index >= 15 is 0 Å². The maximum Gasteiger partial charge on any atom is 0.332 e. The second kappa shape index (κ2) is 5.35. The molecule has 15 heavy (non-hydrogen) atoms. The highest BCUT2D eigenvalue weighted by molar-refractivity contribution is 6.35. The van der Waals surface area contributed by atoms with E-state index in [1.807, 2.05) is 0 Å². The molecule has 0 fully saturated rings. The molecule has 1 aromatic carbocycles. The average Bonchev–Trinajstić information content (AvgIpc) is 2.16. The Kier molecular flexibility index (Phi) is 4.39. The van der Waals surface area contributed by atoms with Gasteiger partial charge < -0.3 is 9.84 Å². The van der Waals surface area contributed by atoms with Crippen molar-refractivity contribution in [2.75, 3.05) is 0 Å². The number of hydrogen-bond acceptors (Lipinski definition) is 2. The quantitative estimate of drug-likeness (QED) is 0.892. The highest BCUT2D eigenvalue weighted by atomic mass is 35.5. The highest BCUT2D eigenvalue weighted by Gasteiger charge is 2.13. The molecule has 0 saturated heterocycles. The van der Waals surface area contributed by atoms with Crippen LogP contribution in [-0.4, -0.2) is 17.2 Å². The fraction of sp³-hybridized carbons (Fsp3) is 0.300. The van der Waals surface area contributed by atoms with Crippen molar-refractivity contribution >= 4 is 29.2 Å². The van der Waals surface area contributed by atoms with Gasteiger partial charge >= 0.3 is 5.97 Å². The van der Waals surface area contributed by atoms with E-state index in [0.29, 0.717) is 15.6 Å². The molecular weight excluding hydrogens is 239 g/mol. The van der Waals surface area contributed by atoms with Crippen molar-refractivity contribution in [3.63, 3.8) is 0 Å². The van der Waals surface area contributed by atoms with Gasteiger partial charge in [0.05, 0.1) is 6.61 Å². The van der Waals surface area contributed by atoms with Gasteiger partial charge in [-0.15, -0.1) is 0 Å². The van der Waals surface area contributed by atoms with Crippen molar-refractivity contribution in [2.24, 2.45) is 0 Å². The van der Waals surface area contributed by atoms with Gasteiger partial charge in [-0.2, -0.15) is 0 Å². The molecule has 0 saturated carbocycles. The van der Waals surface area contributed by atoms with Crippen LogP contribution in [0.5, 0.6) is 0 Å². The van der Waals surface area contributed by atoms with Crippen LogP contribution >= 0.6 is 23.2 Å². The Morgan fingerprint density at radius 3 is 2.47 bits per heavy atom. The molecule has 0 spiro atoms. The summed E-state index contributed by atoms with van der Waals surface area (Å²) in [5, 5.41) is 9.55. The molecule has 0 unspecified atom stereocenters. The lowest BCUT2D eigenvalue weighted by atomic mass is 10.2. The standard InChI is InChI=1S/C10H10Cl2O3/c1-6(10(13)14)15-5-7-8(11)3-2-4-9(7)12/h2-4,6H,5H2,1H3,(H,13,14)/t6-/m1/s1. The Morgan fingerprint density at radius 2 is 2.00 bits per heavy atom. The van der Waals surface area contributed by atoms with Crippen LogP contribution in [0.3, 0.4) is 0 Å². The summed E-state index contributed by atoms with van der Waals surface area (Å²) < 4.78 is 5.08. The monoisotopic (exact) mass is 248 g/mol. The summed E-state index contributed by atoms with van der Waals surface area (Å²) in [7, 11) is 0. The Morgan fingerprint density at radius 1 is 1.47 bits per heavy atom. The number of carboxylic acid groups (broad SMARTS) is 1. The Bertz CT molecular complexity index is 345. The lowest BCUT2D eigenvalue weighted by Crippen LogP contribution is -2.19. The normalized spacial score (nSPS) is 12.5. The van der Waals surface area contributed by atoms with Gasteiger partial charge in [-0.25, -0.2) is 4.79 Å². The third-order valence-corrected chi connectivity index (χ3v) is 2.60. The van der Waals surface area contributed by atoms with Crippen LogP contribution in [-0.2, 0) is 16.1 Å². The summed E-state index contributed by atoms with van der Waals surface area (Å²) in [4.78, 5) is 10.5. The number of rotatable bonds is 4. The predicted molar refractivity (Wildman–Crippen MR) is 58.3 cm³/mol. The van der Waals surface area contributed by atoms with Crippen molar-refractivity contribution in [2.45, 2.75) is 19.6 Å². The van der Waals surface area contributed by atoms with E-state index in [2.05, 4.69) is 0 Å². The summed E-state index contributed by atoms with van der Waals surface area (Å²) in [6, 6.07) is 5.07. The van der Waals surface area contributed by atoms with Gasteiger partial charge in [0, 0.05) is 15.6 Å². The highest BCUT2D eigenvalue weighted by Crippen LogP contribution is 2.25. The molecule has 5 heteroatoms. The first kappa shape index (κ1) is 12.3. The third kappa shape index (κ3) is 3.38. The number of carbonyl (C=O) groups is 1. The van der Waals surface area contributed by atoms with E-state index in [1.165, 1.54) is 6.92 Å². The third-order valence-electron chi connectivity index (χ3n) is 1.89. The summed E-state index contributed by atoms with van der Waals surface area (Å²) >= 11 is 11.8. The van der Waals surface area contributed by atoms with Crippen molar-refractivity contribution in [3.05, 3.63) is 33.8 Å². The number of hydrogen-bond donors (Lipinski definition) is 1. The van der Waals surface area contributed by atoms with Crippen LogP contribution in [0.15, 0.2) is 18.2 Å². The largest absolute Gasteiger partial charge is 0.479 e. The van der Waals surface area contributed by atoms with Crippen LogP contribution in [0.1, 0.15) is 12.5 Å². The molecule has 1 aromatic rings. The van der Waals surface area contributed by atoms with Gasteiger partial charge in [-0.1, -0.05) is 29.3 Å². The molecule has 0 aliphatic heterocycles. The maximum absolute atomic E-state index is 10.5. The SMILES string of the molecule is C[C@@H](OCc1c(Cl)cccc1Cl)C(=O)O. The van der Waals surface area contributed by atoms with Crippen LogP contribution in [0, 0.1) is 0 Å². The molecule has 0 bridgehead atoms. The van der Waals surface area contributed by atoms with Crippen molar-refractivity contribution < 1.29 is 14.6 Å². The Hall–Kier alpha value is -0.770.